The van der Waals surface area contributed by atoms with Crippen molar-refractivity contribution in [2.45, 2.75) is 26.1 Å². The molecule has 0 saturated heterocycles. The van der Waals surface area contributed by atoms with E-state index >= 15 is 0 Å². The Bertz CT molecular complexity index is 495. The Balaban J connectivity index is 5.84. The smallest absolute Gasteiger partial charge is 0.330 e. The van der Waals surface area contributed by atoms with Gasteiger partial charge in [-0.3, -0.25) is 0 Å². The average Bonchev–Trinajstić information content (AvgIpc) is 2.42. The molecule has 120 valence electrons. The van der Waals surface area contributed by atoms with Gasteiger partial charge in [0.25, 0.3) is 0 Å². The summed E-state index contributed by atoms with van der Waals surface area (Å²) in [6.07, 6.45) is -1.45. The van der Waals surface area contributed by atoms with Crippen LogP contribution in [0.4, 0.5) is 0 Å². The van der Waals surface area contributed by atoms with Gasteiger partial charge in [0.05, 0.1) is 11.9 Å². The number of carboxylic acids is 2. The second-order valence-electron chi connectivity index (χ2n) is 3.97. The minimum Gasteiger partial charge on any atom is -0.545 e. The monoisotopic (exact) mass is 310 g/mol. The minimum atomic E-state index is -1.91. The first-order valence-electron chi connectivity index (χ1n) is 5.98. The molecular formula is C14H14O8-2. The van der Waals surface area contributed by atoms with Gasteiger partial charge in [-0.1, -0.05) is 13.2 Å². The Kier molecular flexibility index (Phi) is 7.29. The van der Waals surface area contributed by atoms with E-state index < -0.39 is 47.2 Å². The summed E-state index contributed by atoms with van der Waals surface area (Å²) < 4.78 is 9.30. The fraction of sp³-hybridized carbons (Fsp3) is 0.286. The molecule has 0 N–H and O–H groups in total. The van der Waals surface area contributed by atoms with E-state index in [1.807, 2.05) is 0 Å². The summed E-state index contributed by atoms with van der Waals surface area (Å²) in [5.41, 5.74) is -1.78. The van der Waals surface area contributed by atoms with Crippen LogP contribution < -0.4 is 10.2 Å². The third-order valence-corrected chi connectivity index (χ3v) is 2.46. The first-order chi connectivity index (χ1) is 10.1. The SMILES string of the molecule is C=CC(=O)OC(C)/C(C(=O)[O-])=C(/C(=O)[O-])C(C)OC(=O)C=C. The summed E-state index contributed by atoms with van der Waals surface area (Å²) in [7, 11) is 0. The highest BCUT2D eigenvalue weighted by atomic mass is 16.5. The number of carbonyl (C=O) groups is 4. The summed E-state index contributed by atoms with van der Waals surface area (Å²) >= 11 is 0. The lowest BCUT2D eigenvalue weighted by Gasteiger charge is -2.25. The number of esters is 2. The topological polar surface area (TPSA) is 133 Å². The fourth-order valence-corrected chi connectivity index (χ4v) is 1.55. The van der Waals surface area contributed by atoms with Gasteiger partial charge in [0.15, 0.2) is 0 Å². The van der Waals surface area contributed by atoms with Crippen molar-refractivity contribution in [2.75, 3.05) is 0 Å². The number of carbonyl (C=O) groups excluding carboxylic acids is 4. The van der Waals surface area contributed by atoms with Gasteiger partial charge in [0, 0.05) is 23.3 Å². The van der Waals surface area contributed by atoms with Crippen LogP contribution in [0.2, 0.25) is 0 Å². The third-order valence-electron chi connectivity index (χ3n) is 2.46. The molecule has 0 saturated carbocycles. The van der Waals surface area contributed by atoms with Crippen molar-refractivity contribution in [1.82, 2.24) is 0 Å². The number of aliphatic carboxylic acids is 2. The van der Waals surface area contributed by atoms with E-state index in [2.05, 4.69) is 22.6 Å². The van der Waals surface area contributed by atoms with E-state index in [4.69, 9.17) is 0 Å². The van der Waals surface area contributed by atoms with Crippen molar-refractivity contribution in [1.29, 1.82) is 0 Å². The number of hydrogen-bond acceptors (Lipinski definition) is 8. The molecule has 0 aromatic rings. The normalized spacial score (nSPS) is 13.9. The van der Waals surface area contributed by atoms with E-state index in [-0.39, 0.29) is 0 Å². The zero-order valence-electron chi connectivity index (χ0n) is 12.0. The first-order valence-corrected chi connectivity index (χ1v) is 5.98. The maximum Gasteiger partial charge on any atom is 0.330 e. The maximum atomic E-state index is 11.2. The van der Waals surface area contributed by atoms with Crippen molar-refractivity contribution in [3.8, 4) is 0 Å². The lowest BCUT2D eigenvalue weighted by atomic mass is 9.99. The van der Waals surface area contributed by atoms with Gasteiger partial charge in [-0.15, -0.1) is 0 Å². The van der Waals surface area contributed by atoms with Gasteiger partial charge in [0.2, 0.25) is 0 Å². The number of hydrogen-bond donors (Lipinski definition) is 0. The molecule has 0 aromatic heterocycles. The summed E-state index contributed by atoms with van der Waals surface area (Å²) in [6, 6.07) is 0. The second-order valence-corrected chi connectivity index (χ2v) is 3.97. The van der Waals surface area contributed by atoms with Gasteiger partial charge in [-0.05, 0) is 13.8 Å². The molecule has 0 fully saturated rings. The molecule has 2 atom stereocenters. The number of ether oxygens (including phenoxy) is 2. The van der Waals surface area contributed by atoms with Crippen LogP contribution in [0.1, 0.15) is 13.8 Å². The Morgan fingerprint density at radius 2 is 1.09 bits per heavy atom. The van der Waals surface area contributed by atoms with Gasteiger partial charge < -0.3 is 29.3 Å². The van der Waals surface area contributed by atoms with Gasteiger partial charge >= 0.3 is 11.9 Å². The predicted octanol–water partition coefficient (Wildman–Crippen LogP) is -1.98. The van der Waals surface area contributed by atoms with Crippen LogP contribution in [-0.4, -0.2) is 36.1 Å². The predicted molar refractivity (Wildman–Crippen MR) is 68.5 cm³/mol. The lowest BCUT2D eigenvalue weighted by Crippen LogP contribution is -2.40. The van der Waals surface area contributed by atoms with Crippen LogP contribution in [0.3, 0.4) is 0 Å². The molecule has 0 aliphatic heterocycles. The zero-order valence-corrected chi connectivity index (χ0v) is 12.0. The van der Waals surface area contributed by atoms with Crippen LogP contribution in [0, 0.1) is 0 Å². The molecule has 8 heteroatoms. The highest BCUT2D eigenvalue weighted by molar-refractivity contribution is 5.99. The highest BCUT2D eigenvalue weighted by Crippen LogP contribution is 2.18. The van der Waals surface area contributed by atoms with Crippen molar-refractivity contribution in [3.05, 3.63) is 36.5 Å². The first kappa shape index (κ1) is 19.1. The molecule has 0 spiro atoms. The summed E-state index contributed by atoms with van der Waals surface area (Å²) in [5.74, 6) is -5.77. The van der Waals surface area contributed by atoms with Crippen LogP contribution in [0.15, 0.2) is 36.5 Å². The molecule has 2 unspecified atom stereocenters. The van der Waals surface area contributed by atoms with Gasteiger partial charge in [0.1, 0.15) is 12.2 Å². The van der Waals surface area contributed by atoms with Crippen molar-refractivity contribution >= 4 is 23.9 Å². The summed E-state index contributed by atoms with van der Waals surface area (Å²) in [4.78, 5) is 44.6. The van der Waals surface area contributed by atoms with Crippen LogP contribution >= 0.6 is 0 Å². The molecule has 0 rings (SSSR count). The van der Waals surface area contributed by atoms with E-state index in [0.717, 1.165) is 26.0 Å². The van der Waals surface area contributed by atoms with E-state index in [9.17, 15) is 29.4 Å². The summed E-state index contributed by atoms with van der Waals surface area (Å²) in [5, 5.41) is 22.4. The molecule has 8 nitrogen and oxygen atoms in total. The second kappa shape index (κ2) is 8.40. The molecule has 0 aliphatic carbocycles. The average molecular weight is 310 g/mol. The molecule has 22 heavy (non-hydrogen) atoms. The molecule has 0 amide bonds. The minimum absolute atomic E-state index is 0.767. The van der Waals surface area contributed by atoms with Crippen molar-refractivity contribution in [3.63, 3.8) is 0 Å². The lowest BCUT2D eigenvalue weighted by molar-refractivity contribution is -0.305. The van der Waals surface area contributed by atoms with E-state index in [1.54, 1.807) is 0 Å². The molecule has 0 aromatic carbocycles. The van der Waals surface area contributed by atoms with Crippen molar-refractivity contribution < 1.29 is 38.9 Å². The maximum absolute atomic E-state index is 11.2. The molecule has 0 bridgehead atoms. The standard InChI is InChI=1S/C14H16O8/c1-5-9(15)21-7(3)11(13(17)18)12(14(19)20)8(4)22-10(16)6-2/h5-8H,1-2H2,3-4H3,(H,17,18)(H,19,20)/p-2/b12-11-. The zero-order chi connectivity index (χ0) is 17.4. The largest absolute Gasteiger partial charge is 0.545 e. The molecule has 0 heterocycles. The molecule has 0 radical (unpaired) electrons. The molecule has 0 aliphatic rings. The van der Waals surface area contributed by atoms with Gasteiger partial charge in [-0.25, -0.2) is 9.59 Å². The van der Waals surface area contributed by atoms with Gasteiger partial charge in [-0.2, -0.15) is 0 Å². The summed E-state index contributed by atoms with van der Waals surface area (Å²) in [6.45, 7) is 8.46. The number of carboxylic acid groups (broad SMARTS) is 2. The van der Waals surface area contributed by atoms with Crippen molar-refractivity contribution in [2.24, 2.45) is 0 Å². The van der Waals surface area contributed by atoms with Crippen LogP contribution in [-0.2, 0) is 28.7 Å². The Labute approximate surface area is 126 Å². The van der Waals surface area contributed by atoms with E-state index in [0.29, 0.717) is 0 Å². The molecular weight excluding hydrogens is 296 g/mol. The van der Waals surface area contributed by atoms with Crippen LogP contribution in [0.25, 0.3) is 0 Å². The third kappa shape index (κ3) is 5.23. The quantitative estimate of drug-likeness (QED) is 0.372. The fourth-order valence-electron chi connectivity index (χ4n) is 1.55. The Hall–Kier alpha value is -2.90. The van der Waals surface area contributed by atoms with Crippen LogP contribution in [0.5, 0.6) is 0 Å². The highest BCUT2D eigenvalue weighted by Gasteiger charge is 2.25. The Morgan fingerprint density at radius 1 is 0.818 bits per heavy atom. The number of rotatable bonds is 8. The Morgan fingerprint density at radius 3 is 1.27 bits per heavy atom. The van der Waals surface area contributed by atoms with E-state index in [1.165, 1.54) is 0 Å².